The molecule has 0 heterocycles. The van der Waals surface area contributed by atoms with Gasteiger partial charge >= 0.3 is 5.97 Å². The van der Waals surface area contributed by atoms with Crippen LogP contribution in [0, 0.1) is 5.92 Å². The Morgan fingerprint density at radius 2 is 1.78 bits per heavy atom. The van der Waals surface area contributed by atoms with Crippen molar-refractivity contribution < 1.29 is 9.90 Å². The number of carboxylic acid groups (broad SMARTS) is 1. The van der Waals surface area contributed by atoms with Gasteiger partial charge in [0.1, 0.15) is 0 Å². The monoisotopic (exact) mass is 130 g/mol. The van der Waals surface area contributed by atoms with Crippen molar-refractivity contribution in [3.05, 3.63) is 0 Å². The van der Waals surface area contributed by atoms with E-state index in [1.807, 2.05) is 0 Å². The number of rotatable bonds is 1. The van der Waals surface area contributed by atoms with E-state index >= 15 is 0 Å². The highest BCUT2D eigenvalue weighted by Crippen LogP contribution is 2.23. The van der Waals surface area contributed by atoms with E-state index in [-0.39, 0.29) is 5.92 Å². The Balaban J connectivity index is 2.31. The van der Waals surface area contributed by atoms with E-state index in [0.717, 1.165) is 25.7 Å². The molecule has 0 spiro atoms. The van der Waals surface area contributed by atoms with Crippen molar-refractivity contribution in [2.75, 3.05) is 0 Å². The minimum Gasteiger partial charge on any atom is -0.481 e. The fraction of sp³-hybridized carbons (Fsp3) is 0.857. The average molecular weight is 130 g/mol. The van der Waals surface area contributed by atoms with Gasteiger partial charge in [-0.1, -0.05) is 19.3 Å². The lowest BCUT2D eigenvalue weighted by molar-refractivity contribution is -0.142. The molecule has 0 aromatic carbocycles. The van der Waals surface area contributed by atoms with Crippen LogP contribution in [0.4, 0.5) is 0 Å². The first-order valence-corrected chi connectivity index (χ1v) is 3.53. The maximum atomic E-state index is 10.4. The van der Waals surface area contributed by atoms with Crippen LogP contribution in [-0.2, 0) is 4.79 Å². The molecule has 1 saturated carbocycles. The Kier molecular flexibility index (Phi) is 2.09. The molecule has 0 bridgehead atoms. The molecule has 2 nitrogen and oxygen atoms in total. The lowest BCUT2D eigenvalue weighted by Gasteiger charge is -2.16. The normalized spacial score (nSPS) is 21.8. The summed E-state index contributed by atoms with van der Waals surface area (Å²) in [5.74, 6) is -0.631. The summed E-state index contributed by atoms with van der Waals surface area (Å²) in [6, 6.07) is 0. The van der Waals surface area contributed by atoms with E-state index in [2.05, 4.69) is 0 Å². The zero-order chi connectivity index (χ0) is 6.69. The second-order valence-electron chi connectivity index (χ2n) is 2.67. The largest absolute Gasteiger partial charge is 0.481 e. The maximum Gasteiger partial charge on any atom is 0.306 e. The minimum absolute atomic E-state index is 0.0289. The van der Waals surface area contributed by atoms with Gasteiger partial charge in [-0.25, -0.2) is 0 Å². The molecule has 0 aromatic heterocycles. The fourth-order valence-electron chi connectivity index (χ4n) is 1.35. The Bertz CT molecular complexity index is 103. The fourth-order valence-corrected chi connectivity index (χ4v) is 1.35. The quantitative estimate of drug-likeness (QED) is 0.548. The molecule has 0 radical (unpaired) electrons. The smallest absolute Gasteiger partial charge is 0.306 e. The van der Waals surface area contributed by atoms with Crippen LogP contribution in [0.3, 0.4) is 0 Å². The van der Waals surface area contributed by atoms with Crippen molar-refractivity contribution in [1.82, 2.24) is 0 Å². The predicted octanol–water partition coefficient (Wildman–Crippen LogP) is 1.65. The van der Waals surface area contributed by atoms with Crippen LogP contribution in [0.2, 0.25) is 0 Å². The van der Waals surface area contributed by atoms with E-state index in [0.29, 0.717) is 0 Å². The number of hydrogen-bond donors (Lipinski definition) is 1. The number of aliphatic carboxylic acids is 1. The van der Waals surface area contributed by atoms with E-state index in [1.165, 1.54) is 6.42 Å². The van der Waals surface area contributed by atoms with E-state index in [4.69, 9.17) is 5.11 Å². The molecule has 52 valence electrons. The van der Waals surface area contributed by atoms with E-state index in [1.54, 1.807) is 0 Å². The molecule has 0 aromatic rings. The van der Waals surface area contributed by atoms with Gasteiger partial charge in [-0.2, -0.15) is 0 Å². The zero-order valence-corrected chi connectivity index (χ0v) is 5.47. The highest BCUT2D eigenvalue weighted by Gasteiger charge is 2.19. The van der Waals surface area contributed by atoms with Gasteiger partial charge in [-0.05, 0) is 12.8 Å². The van der Waals surface area contributed by atoms with Gasteiger partial charge in [-0.15, -0.1) is 0 Å². The lowest BCUT2D eigenvalue weighted by Crippen LogP contribution is -2.16. The summed E-state index contributed by atoms with van der Waals surface area (Å²) in [7, 11) is 0. The average Bonchev–Trinajstić information content (AvgIpc) is 1.90. The molecule has 1 aliphatic rings. The standard InChI is InChI=1S/C7H12O2/c8-7(9)6-4-2-1-3-5-6/h6H,1-5H2,(H,8,9)/i8+2. The molecular weight excluding hydrogens is 118 g/mol. The van der Waals surface area contributed by atoms with Crippen molar-refractivity contribution in [2.24, 2.45) is 5.92 Å². The second-order valence-corrected chi connectivity index (χ2v) is 2.67. The third-order valence-electron chi connectivity index (χ3n) is 1.95. The molecular formula is C7H12O2. The lowest BCUT2D eigenvalue weighted by atomic mass is 9.90. The molecule has 0 aliphatic heterocycles. The number of carbonyl (C=O) groups is 1. The summed E-state index contributed by atoms with van der Waals surface area (Å²) in [6.45, 7) is 0. The van der Waals surface area contributed by atoms with Crippen LogP contribution in [-0.4, -0.2) is 11.1 Å². The third kappa shape index (κ3) is 1.70. The molecule has 0 atom stereocenters. The summed E-state index contributed by atoms with van der Waals surface area (Å²) >= 11 is 0. The van der Waals surface area contributed by atoms with Crippen LogP contribution < -0.4 is 0 Å². The van der Waals surface area contributed by atoms with Gasteiger partial charge < -0.3 is 5.11 Å². The highest BCUT2D eigenvalue weighted by molar-refractivity contribution is 5.69. The summed E-state index contributed by atoms with van der Waals surface area (Å²) in [5.41, 5.74) is 0. The topological polar surface area (TPSA) is 37.3 Å². The van der Waals surface area contributed by atoms with Gasteiger partial charge in [0.05, 0.1) is 5.92 Å². The maximum absolute atomic E-state index is 10.4. The van der Waals surface area contributed by atoms with Gasteiger partial charge in [0.25, 0.3) is 0 Å². The van der Waals surface area contributed by atoms with Gasteiger partial charge in [0.2, 0.25) is 0 Å². The first kappa shape index (κ1) is 6.59. The van der Waals surface area contributed by atoms with Crippen molar-refractivity contribution in [1.29, 1.82) is 0 Å². The van der Waals surface area contributed by atoms with Crippen molar-refractivity contribution in [3.63, 3.8) is 0 Å². The third-order valence-corrected chi connectivity index (χ3v) is 1.95. The Hall–Kier alpha value is -0.530. The number of hydrogen-bond acceptors (Lipinski definition) is 1. The first-order chi connectivity index (χ1) is 4.30. The molecule has 0 unspecified atom stereocenters. The summed E-state index contributed by atoms with van der Waals surface area (Å²) in [4.78, 5) is 10.4. The SMILES string of the molecule is O=C([18OH])C1CCCCC1. The van der Waals surface area contributed by atoms with Crippen molar-refractivity contribution >= 4 is 5.97 Å². The van der Waals surface area contributed by atoms with Gasteiger partial charge in [-0.3, -0.25) is 4.79 Å². The van der Waals surface area contributed by atoms with Crippen LogP contribution >= 0.6 is 0 Å². The molecule has 0 amide bonds. The van der Waals surface area contributed by atoms with E-state index < -0.39 is 5.97 Å². The van der Waals surface area contributed by atoms with Crippen molar-refractivity contribution in [3.8, 4) is 0 Å². The summed E-state index contributed by atoms with van der Waals surface area (Å²) < 4.78 is 0. The molecule has 1 aliphatic carbocycles. The van der Waals surface area contributed by atoms with Crippen LogP contribution in [0.25, 0.3) is 0 Å². The zero-order valence-electron chi connectivity index (χ0n) is 5.47. The second kappa shape index (κ2) is 2.85. The van der Waals surface area contributed by atoms with Crippen molar-refractivity contribution in [2.45, 2.75) is 32.1 Å². The summed E-state index contributed by atoms with van der Waals surface area (Å²) in [6.07, 6.45) is 5.24. The molecule has 0 saturated heterocycles. The number of carboxylic acids is 1. The first-order valence-electron chi connectivity index (χ1n) is 3.53. The Labute approximate surface area is 54.9 Å². The van der Waals surface area contributed by atoms with Crippen LogP contribution in [0.1, 0.15) is 32.1 Å². The van der Waals surface area contributed by atoms with Gasteiger partial charge in [0.15, 0.2) is 0 Å². The highest BCUT2D eigenvalue weighted by atomic mass is 18.2. The Morgan fingerprint density at radius 3 is 2.11 bits per heavy atom. The minimum atomic E-state index is -0.602. The van der Waals surface area contributed by atoms with E-state index in [9.17, 15) is 4.79 Å². The predicted molar refractivity (Wildman–Crippen MR) is 34.2 cm³/mol. The van der Waals surface area contributed by atoms with Gasteiger partial charge in [0, 0.05) is 0 Å². The van der Waals surface area contributed by atoms with Crippen LogP contribution in [0.5, 0.6) is 0 Å². The molecule has 2 heteroatoms. The molecule has 1 N–H and O–H groups in total. The van der Waals surface area contributed by atoms with Crippen LogP contribution in [0.15, 0.2) is 0 Å². The Morgan fingerprint density at radius 1 is 1.22 bits per heavy atom. The molecule has 1 fully saturated rings. The molecule has 1 rings (SSSR count). The molecule has 9 heavy (non-hydrogen) atoms. The summed E-state index contributed by atoms with van der Waals surface area (Å²) in [5, 5.41) is 8.54.